The number of hydrogen-bond donors (Lipinski definition) is 0. The largest absolute Gasteiger partial charge is 0.443 e. The Bertz CT molecular complexity index is 560. The molecule has 1 aliphatic rings. The molecule has 1 aliphatic heterocycles. The quantitative estimate of drug-likeness (QED) is 0.791. The number of hydrogen-bond acceptors (Lipinski definition) is 3. The van der Waals surface area contributed by atoms with Crippen molar-refractivity contribution in [3.63, 3.8) is 0 Å². The Labute approximate surface area is 132 Å². The summed E-state index contributed by atoms with van der Waals surface area (Å²) in [5.41, 5.74) is 2.75. The van der Waals surface area contributed by atoms with Gasteiger partial charge in [-0.1, -0.05) is 19.1 Å². The first-order valence-electron chi connectivity index (χ1n) is 7.89. The van der Waals surface area contributed by atoms with Crippen molar-refractivity contribution in [1.29, 1.82) is 0 Å². The molecule has 0 spiro atoms. The average Bonchev–Trinajstić information content (AvgIpc) is 2.44. The van der Waals surface area contributed by atoms with Gasteiger partial charge in [0, 0.05) is 13.0 Å². The van der Waals surface area contributed by atoms with Crippen molar-refractivity contribution < 1.29 is 14.3 Å². The van der Waals surface area contributed by atoms with Crippen LogP contribution in [0.5, 0.6) is 0 Å². The van der Waals surface area contributed by atoms with Gasteiger partial charge < -0.3 is 9.53 Å². The molecule has 0 saturated heterocycles. The fourth-order valence-corrected chi connectivity index (χ4v) is 2.71. The number of amides is 1. The van der Waals surface area contributed by atoms with E-state index in [2.05, 4.69) is 6.07 Å². The topological polar surface area (TPSA) is 46.6 Å². The molecule has 1 aromatic rings. The van der Waals surface area contributed by atoms with Crippen molar-refractivity contribution in [2.45, 2.75) is 58.5 Å². The number of fused-ring (bicyclic) bond motifs is 1. The van der Waals surface area contributed by atoms with Crippen LogP contribution in [0.1, 0.15) is 57.6 Å². The second-order valence-electron chi connectivity index (χ2n) is 6.93. The average molecular weight is 303 g/mol. The number of aldehydes is 1. The number of carbonyl (C=O) groups is 2. The van der Waals surface area contributed by atoms with Crippen LogP contribution in [0.3, 0.4) is 0 Å². The Balaban J connectivity index is 2.24. The van der Waals surface area contributed by atoms with E-state index in [0.717, 1.165) is 35.9 Å². The number of carbonyl (C=O) groups excluding carboxylic acids is 2. The van der Waals surface area contributed by atoms with Crippen molar-refractivity contribution in [3.05, 3.63) is 29.3 Å². The molecule has 1 heterocycles. The van der Waals surface area contributed by atoms with E-state index < -0.39 is 5.60 Å². The normalized spacial score (nSPS) is 15.9. The van der Waals surface area contributed by atoms with Crippen LogP contribution in [0.15, 0.2) is 18.2 Å². The molecule has 1 amide bonds. The van der Waals surface area contributed by atoms with Gasteiger partial charge in [0.25, 0.3) is 0 Å². The zero-order valence-electron chi connectivity index (χ0n) is 13.9. The number of aryl methyl sites for hydroxylation is 1. The molecule has 22 heavy (non-hydrogen) atoms. The Morgan fingerprint density at radius 3 is 2.77 bits per heavy atom. The first kappa shape index (κ1) is 16.5. The zero-order valence-corrected chi connectivity index (χ0v) is 13.9. The summed E-state index contributed by atoms with van der Waals surface area (Å²) in [7, 11) is 0. The molecule has 4 nitrogen and oxygen atoms in total. The summed E-state index contributed by atoms with van der Waals surface area (Å²) in [6.07, 6.45) is 3.07. The second-order valence-corrected chi connectivity index (χ2v) is 6.93. The summed E-state index contributed by atoms with van der Waals surface area (Å²) >= 11 is 0. The molecule has 0 fully saturated rings. The van der Waals surface area contributed by atoms with Gasteiger partial charge in [-0.3, -0.25) is 4.90 Å². The Morgan fingerprint density at radius 1 is 1.41 bits per heavy atom. The lowest BCUT2D eigenvalue weighted by Crippen LogP contribution is -2.39. The molecular formula is C18H25NO3. The summed E-state index contributed by atoms with van der Waals surface area (Å²) in [5, 5.41) is 0. The molecule has 0 aliphatic carbocycles. The number of anilines is 1. The first-order valence-corrected chi connectivity index (χ1v) is 7.89. The van der Waals surface area contributed by atoms with E-state index >= 15 is 0 Å². The molecule has 120 valence electrons. The highest BCUT2D eigenvalue weighted by molar-refractivity contribution is 5.89. The Hall–Kier alpha value is -1.84. The van der Waals surface area contributed by atoms with Crippen LogP contribution in [0.2, 0.25) is 0 Å². The summed E-state index contributed by atoms with van der Waals surface area (Å²) in [6.45, 7) is 8.36. The SMILES string of the molecule is CC(CC=O)c1ccc2c(c1)CCCN2C(=O)OC(C)(C)C. The Morgan fingerprint density at radius 2 is 2.14 bits per heavy atom. The lowest BCUT2D eigenvalue weighted by molar-refractivity contribution is -0.108. The number of rotatable bonds is 3. The fraction of sp³-hybridized carbons (Fsp3) is 0.556. The summed E-state index contributed by atoms with van der Waals surface area (Å²) in [4.78, 5) is 24.8. The molecule has 1 unspecified atom stereocenters. The maximum absolute atomic E-state index is 12.4. The molecular weight excluding hydrogens is 278 g/mol. The van der Waals surface area contributed by atoms with Crippen LogP contribution >= 0.6 is 0 Å². The molecule has 0 radical (unpaired) electrons. The third-order valence-electron chi connectivity index (χ3n) is 3.85. The van der Waals surface area contributed by atoms with E-state index in [0.29, 0.717) is 13.0 Å². The monoisotopic (exact) mass is 303 g/mol. The van der Waals surface area contributed by atoms with Gasteiger partial charge in [0.1, 0.15) is 11.9 Å². The minimum Gasteiger partial charge on any atom is -0.443 e. The van der Waals surface area contributed by atoms with Crippen LogP contribution < -0.4 is 4.90 Å². The van der Waals surface area contributed by atoms with Gasteiger partial charge in [0.2, 0.25) is 0 Å². The van der Waals surface area contributed by atoms with E-state index in [-0.39, 0.29) is 12.0 Å². The van der Waals surface area contributed by atoms with E-state index in [1.54, 1.807) is 4.90 Å². The van der Waals surface area contributed by atoms with E-state index in [9.17, 15) is 9.59 Å². The van der Waals surface area contributed by atoms with Crippen LogP contribution in [0, 0.1) is 0 Å². The minimum absolute atomic E-state index is 0.208. The van der Waals surface area contributed by atoms with E-state index in [4.69, 9.17) is 4.74 Å². The Kier molecular flexibility index (Phi) is 4.89. The molecule has 0 N–H and O–H groups in total. The van der Waals surface area contributed by atoms with Crippen molar-refractivity contribution >= 4 is 18.1 Å². The van der Waals surface area contributed by atoms with Crippen molar-refractivity contribution in [2.24, 2.45) is 0 Å². The summed E-state index contributed by atoms with van der Waals surface area (Å²) in [5.74, 6) is 0.208. The first-order chi connectivity index (χ1) is 10.3. The predicted molar refractivity (Wildman–Crippen MR) is 87.4 cm³/mol. The van der Waals surface area contributed by atoms with Gasteiger partial charge in [0.05, 0.1) is 5.69 Å². The van der Waals surface area contributed by atoms with Gasteiger partial charge in [-0.25, -0.2) is 4.79 Å². The fourth-order valence-electron chi connectivity index (χ4n) is 2.71. The lowest BCUT2D eigenvalue weighted by atomic mass is 9.93. The van der Waals surface area contributed by atoms with Gasteiger partial charge >= 0.3 is 6.09 Å². The molecule has 4 heteroatoms. The maximum Gasteiger partial charge on any atom is 0.414 e. The number of nitrogens with zero attached hydrogens (tertiary/aromatic N) is 1. The van der Waals surface area contributed by atoms with Crippen molar-refractivity contribution in [3.8, 4) is 0 Å². The highest BCUT2D eigenvalue weighted by atomic mass is 16.6. The predicted octanol–water partition coefficient (Wildman–Crippen LogP) is 4.07. The van der Waals surface area contributed by atoms with Crippen LogP contribution in [-0.2, 0) is 16.0 Å². The third-order valence-corrected chi connectivity index (χ3v) is 3.85. The smallest absolute Gasteiger partial charge is 0.414 e. The third kappa shape index (κ3) is 3.87. The van der Waals surface area contributed by atoms with Gasteiger partial charge in [-0.05, 0) is 56.7 Å². The van der Waals surface area contributed by atoms with Crippen LogP contribution in [0.25, 0.3) is 0 Å². The zero-order chi connectivity index (χ0) is 16.3. The highest BCUT2D eigenvalue weighted by Crippen LogP contribution is 2.31. The summed E-state index contributed by atoms with van der Waals surface area (Å²) in [6, 6.07) is 6.12. The molecule has 0 saturated carbocycles. The number of benzene rings is 1. The van der Waals surface area contributed by atoms with Gasteiger partial charge in [-0.2, -0.15) is 0 Å². The molecule has 1 atom stereocenters. The minimum atomic E-state index is -0.493. The van der Waals surface area contributed by atoms with Crippen molar-refractivity contribution in [2.75, 3.05) is 11.4 Å². The molecule has 1 aromatic carbocycles. The van der Waals surface area contributed by atoms with E-state index in [1.807, 2.05) is 39.8 Å². The van der Waals surface area contributed by atoms with Gasteiger partial charge in [0.15, 0.2) is 0 Å². The van der Waals surface area contributed by atoms with E-state index in [1.165, 1.54) is 0 Å². The summed E-state index contributed by atoms with van der Waals surface area (Å²) < 4.78 is 5.49. The highest BCUT2D eigenvalue weighted by Gasteiger charge is 2.27. The number of ether oxygens (including phenoxy) is 1. The molecule has 2 rings (SSSR count). The van der Waals surface area contributed by atoms with Crippen molar-refractivity contribution in [1.82, 2.24) is 0 Å². The van der Waals surface area contributed by atoms with Crippen LogP contribution in [-0.4, -0.2) is 24.5 Å². The molecule has 0 aromatic heterocycles. The second kappa shape index (κ2) is 6.51. The van der Waals surface area contributed by atoms with Crippen LogP contribution in [0.4, 0.5) is 10.5 Å². The lowest BCUT2D eigenvalue weighted by Gasteiger charge is -2.32. The molecule has 0 bridgehead atoms. The maximum atomic E-state index is 12.4. The van der Waals surface area contributed by atoms with Gasteiger partial charge in [-0.15, -0.1) is 0 Å². The standard InChI is InChI=1S/C18H25NO3/c1-13(9-11-20)14-7-8-16-15(12-14)6-5-10-19(16)17(21)22-18(2,3)4/h7-8,11-13H,5-6,9-10H2,1-4H3.